The van der Waals surface area contributed by atoms with Crippen molar-refractivity contribution in [2.24, 2.45) is 0 Å². The first kappa shape index (κ1) is 14.6. The van der Waals surface area contributed by atoms with E-state index in [1.165, 1.54) is 0 Å². The Balaban J connectivity index is 1.86. The average molecular weight is 275 g/mol. The molecule has 0 saturated carbocycles. The Morgan fingerprint density at radius 2 is 1.95 bits per heavy atom. The summed E-state index contributed by atoms with van der Waals surface area (Å²) >= 11 is 0. The van der Waals surface area contributed by atoms with E-state index in [0.29, 0.717) is 12.5 Å². The summed E-state index contributed by atoms with van der Waals surface area (Å²) in [6, 6.07) is 13.3. The van der Waals surface area contributed by atoms with E-state index in [0.717, 1.165) is 24.5 Å². The number of aliphatic hydroxyl groups is 1. The number of benzene rings is 1. The van der Waals surface area contributed by atoms with E-state index in [1.54, 1.807) is 6.92 Å². The number of hydrogen-bond donors (Lipinski definition) is 1. The summed E-state index contributed by atoms with van der Waals surface area (Å²) in [6.07, 6.45) is 0.482. The molecule has 0 aliphatic carbocycles. The van der Waals surface area contributed by atoms with Gasteiger partial charge in [0, 0.05) is 12.6 Å². The molecule has 1 N–H and O–H groups in total. The molecule has 1 heterocycles. The Morgan fingerprint density at radius 3 is 2.65 bits per heavy atom. The predicted molar refractivity (Wildman–Crippen MR) is 77.9 cm³/mol. The molecule has 0 aliphatic rings. The molecule has 1 aromatic heterocycles. The zero-order chi connectivity index (χ0) is 14.4. The van der Waals surface area contributed by atoms with Crippen LogP contribution >= 0.6 is 0 Å². The number of nitrogens with zero attached hydrogens (tertiary/aromatic N) is 1. The van der Waals surface area contributed by atoms with Crippen LogP contribution in [0.5, 0.6) is 11.7 Å². The highest BCUT2D eigenvalue weighted by atomic mass is 16.6. The van der Waals surface area contributed by atoms with Crippen molar-refractivity contribution in [2.45, 2.75) is 26.0 Å². The van der Waals surface area contributed by atoms with Crippen LogP contribution in [0.4, 0.5) is 0 Å². The lowest BCUT2D eigenvalue weighted by molar-refractivity contribution is 0.159. The first-order chi connectivity index (χ1) is 9.63. The van der Waals surface area contributed by atoms with Crippen LogP contribution in [0.15, 0.2) is 46.9 Å². The zero-order valence-electron chi connectivity index (χ0n) is 12.0. The Morgan fingerprint density at radius 1 is 1.20 bits per heavy atom. The predicted octanol–water partition coefficient (Wildman–Crippen LogP) is 3.27. The number of rotatable bonds is 7. The average Bonchev–Trinajstić information content (AvgIpc) is 2.85. The van der Waals surface area contributed by atoms with Gasteiger partial charge in [-0.25, -0.2) is 0 Å². The fourth-order valence-electron chi connectivity index (χ4n) is 1.86. The van der Waals surface area contributed by atoms with Crippen molar-refractivity contribution < 1.29 is 14.3 Å². The van der Waals surface area contributed by atoms with E-state index in [2.05, 4.69) is 4.90 Å². The van der Waals surface area contributed by atoms with Gasteiger partial charge in [-0.15, -0.1) is 0 Å². The van der Waals surface area contributed by atoms with Crippen molar-refractivity contribution in [3.63, 3.8) is 0 Å². The van der Waals surface area contributed by atoms with E-state index in [4.69, 9.17) is 9.15 Å². The molecule has 20 heavy (non-hydrogen) atoms. The number of para-hydroxylation sites is 1. The van der Waals surface area contributed by atoms with Crippen molar-refractivity contribution in [2.75, 3.05) is 13.6 Å². The highest BCUT2D eigenvalue weighted by molar-refractivity contribution is 5.26. The molecule has 1 atom stereocenters. The van der Waals surface area contributed by atoms with E-state index < -0.39 is 0 Å². The zero-order valence-corrected chi connectivity index (χ0v) is 12.0. The molecular formula is C16H21NO3. The van der Waals surface area contributed by atoms with E-state index in [-0.39, 0.29) is 6.10 Å². The SMILES string of the molecule is CC(O)CCN(C)Cc1ccc(Oc2ccccc2)o1. The lowest BCUT2D eigenvalue weighted by Crippen LogP contribution is -2.21. The van der Waals surface area contributed by atoms with Crippen LogP contribution in [-0.2, 0) is 6.54 Å². The number of aliphatic hydroxyl groups excluding tert-OH is 1. The maximum atomic E-state index is 9.27. The largest absolute Gasteiger partial charge is 0.429 e. The molecule has 1 aromatic carbocycles. The molecule has 4 heteroatoms. The summed E-state index contributed by atoms with van der Waals surface area (Å²) in [5.41, 5.74) is 0. The highest BCUT2D eigenvalue weighted by Crippen LogP contribution is 2.23. The molecule has 0 saturated heterocycles. The first-order valence-electron chi connectivity index (χ1n) is 6.81. The van der Waals surface area contributed by atoms with E-state index in [9.17, 15) is 5.11 Å². The summed E-state index contributed by atoms with van der Waals surface area (Å²) < 4.78 is 11.3. The van der Waals surface area contributed by atoms with Gasteiger partial charge in [0.05, 0.1) is 12.6 Å². The van der Waals surface area contributed by atoms with Crippen molar-refractivity contribution in [3.05, 3.63) is 48.2 Å². The summed E-state index contributed by atoms with van der Waals surface area (Å²) in [5, 5.41) is 9.27. The van der Waals surface area contributed by atoms with Crippen molar-refractivity contribution in [1.82, 2.24) is 4.90 Å². The molecule has 0 radical (unpaired) electrons. The van der Waals surface area contributed by atoms with Crippen LogP contribution in [0.3, 0.4) is 0 Å². The topological polar surface area (TPSA) is 45.8 Å². The van der Waals surface area contributed by atoms with Gasteiger partial charge in [0.25, 0.3) is 5.95 Å². The highest BCUT2D eigenvalue weighted by Gasteiger charge is 2.08. The van der Waals surface area contributed by atoms with Crippen LogP contribution in [0.25, 0.3) is 0 Å². The fourth-order valence-corrected chi connectivity index (χ4v) is 1.86. The molecule has 0 spiro atoms. The first-order valence-corrected chi connectivity index (χ1v) is 6.81. The summed E-state index contributed by atoms with van der Waals surface area (Å²) in [4.78, 5) is 2.11. The fraction of sp³-hybridized carbons (Fsp3) is 0.375. The monoisotopic (exact) mass is 275 g/mol. The lowest BCUT2D eigenvalue weighted by Gasteiger charge is -2.15. The second-order valence-corrected chi connectivity index (χ2v) is 5.01. The Hall–Kier alpha value is -1.78. The normalized spacial score (nSPS) is 12.6. The minimum absolute atomic E-state index is 0.272. The van der Waals surface area contributed by atoms with Gasteiger partial charge in [-0.2, -0.15) is 0 Å². The van der Waals surface area contributed by atoms with Crippen LogP contribution in [0.1, 0.15) is 19.1 Å². The third-order valence-electron chi connectivity index (χ3n) is 2.95. The van der Waals surface area contributed by atoms with Crippen LogP contribution in [0, 0.1) is 0 Å². The summed E-state index contributed by atoms with van der Waals surface area (Å²) in [7, 11) is 2.00. The Labute approximate surface area is 119 Å². The molecule has 0 aliphatic heterocycles. The molecule has 2 aromatic rings. The second-order valence-electron chi connectivity index (χ2n) is 5.01. The van der Waals surface area contributed by atoms with Gasteiger partial charge in [-0.05, 0) is 38.6 Å². The van der Waals surface area contributed by atoms with Gasteiger partial charge in [-0.3, -0.25) is 4.90 Å². The Kier molecular flexibility index (Phi) is 5.21. The standard InChI is InChI=1S/C16H21NO3/c1-13(18)10-11-17(2)12-15-8-9-16(20-15)19-14-6-4-3-5-7-14/h3-9,13,18H,10-12H2,1-2H3. The van der Waals surface area contributed by atoms with Crippen molar-refractivity contribution >= 4 is 0 Å². The maximum Gasteiger partial charge on any atom is 0.290 e. The third kappa shape index (κ3) is 4.72. The Bertz CT molecular complexity index is 507. The van der Waals surface area contributed by atoms with Crippen LogP contribution in [-0.4, -0.2) is 29.7 Å². The molecule has 0 fully saturated rings. The van der Waals surface area contributed by atoms with Gasteiger partial charge in [0.2, 0.25) is 0 Å². The smallest absolute Gasteiger partial charge is 0.290 e. The molecule has 0 bridgehead atoms. The van der Waals surface area contributed by atoms with E-state index in [1.807, 2.05) is 49.5 Å². The number of hydrogen-bond acceptors (Lipinski definition) is 4. The quantitative estimate of drug-likeness (QED) is 0.842. The molecule has 0 amide bonds. The molecular weight excluding hydrogens is 254 g/mol. The van der Waals surface area contributed by atoms with Gasteiger partial charge in [0.15, 0.2) is 0 Å². The number of ether oxygens (including phenoxy) is 1. The van der Waals surface area contributed by atoms with Crippen molar-refractivity contribution in [1.29, 1.82) is 0 Å². The van der Waals surface area contributed by atoms with Crippen molar-refractivity contribution in [3.8, 4) is 11.7 Å². The van der Waals surface area contributed by atoms with Crippen LogP contribution in [0.2, 0.25) is 0 Å². The van der Waals surface area contributed by atoms with Gasteiger partial charge >= 0.3 is 0 Å². The lowest BCUT2D eigenvalue weighted by atomic mass is 10.3. The molecule has 108 valence electrons. The van der Waals surface area contributed by atoms with Gasteiger partial charge < -0.3 is 14.3 Å². The van der Waals surface area contributed by atoms with Gasteiger partial charge in [0.1, 0.15) is 11.5 Å². The van der Waals surface area contributed by atoms with Gasteiger partial charge in [-0.1, -0.05) is 18.2 Å². The third-order valence-corrected chi connectivity index (χ3v) is 2.95. The molecule has 2 rings (SSSR count). The maximum absolute atomic E-state index is 9.27. The van der Waals surface area contributed by atoms with Crippen LogP contribution < -0.4 is 4.74 Å². The minimum atomic E-state index is -0.272. The number of furan rings is 1. The van der Waals surface area contributed by atoms with E-state index >= 15 is 0 Å². The summed E-state index contributed by atoms with van der Waals surface area (Å²) in [6.45, 7) is 3.32. The molecule has 1 unspecified atom stereocenters. The molecule has 4 nitrogen and oxygen atoms in total. The minimum Gasteiger partial charge on any atom is -0.429 e. The summed E-state index contributed by atoms with van der Waals surface area (Å²) in [5.74, 6) is 2.11. The second kappa shape index (κ2) is 7.12.